The maximum atomic E-state index is 4.41. The Morgan fingerprint density at radius 1 is 1.56 bits per heavy atom. The summed E-state index contributed by atoms with van der Waals surface area (Å²) in [5, 5.41) is 4.08. The molecule has 0 spiro atoms. The van der Waals surface area contributed by atoms with Gasteiger partial charge in [0.05, 0.1) is 0 Å². The number of thioether (sulfide) groups is 1. The van der Waals surface area contributed by atoms with Crippen LogP contribution in [0.5, 0.6) is 0 Å². The Balaban J connectivity index is 1.95. The van der Waals surface area contributed by atoms with Crippen LogP contribution in [0.25, 0.3) is 0 Å². The van der Waals surface area contributed by atoms with Crippen molar-refractivity contribution >= 4 is 17.7 Å². The van der Waals surface area contributed by atoms with Gasteiger partial charge in [0.15, 0.2) is 0 Å². The number of nitrogens with zero attached hydrogens (tertiary/aromatic N) is 2. The molecule has 0 saturated heterocycles. The van der Waals surface area contributed by atoms with E-state index in [1.807, 2.05) is 18.0 Å². The van der Waals surface area contributed by atoms with Gasteiger partial charge in [-0.05, 0) is 19.1 Å². The molecule has 1 N–H and O–H groups in total. The maximum Gasteiger partial charge on any atom is 0.203 e. The Morgan fingerprint density at radius 3 is 3.00 bits per heavy atom. The highest BCUT2D eigenvalue weighted by Crippen LogP contribution is 2.31. The van der Waals surface area contributed by atoms with E-state index >= 15 is 0 Å². The van der Waals surface area contributed by atoms with Crippen LogP contribution in [0.4, 0.5) is 5.95 Å². The smallest absolute Gasteiger partial charge is 0.203 e. The van der Waals surface area contributed by atoms with E-state index in [9.17, 15) is 0 Å². The van der Waals surface area contributed by atoms with Crippen LogP contribution < -0.4 is 5.32 Å². The van der Waals surface area contributed by atoms with Crippen molar-refractivity contribution in [3.05, 3.63) is 12.4 Å². The fourth-order valence-electron chi connectivity index (χ4n) is 2.25. The van der Waals surface area contributed by atoms with Crippen molar-refractivity contribution in [2.75, 3.05) is 18.1 Å². The van der Waals surface area contributed by atoms with E-state index in [1.165, 1.54) is 25.7 Å². The summed E-state index contributed by atoms with van der Waals surface area (Å²) < 4.78 is 2.32. The van der Waals surface area contributed by atoms with Crippen LogP contribution in [0.15, 0.2) is 12.4 Å². The van der Waals surface area contributed by atoms with Crippen LogP contribution in [0.1, 0.15) is 38.6 Å². The standard InChI is InChI=1S/C12H21N3S/c1-10(16-2)9-14-12-13-7-8-15(12)11-5-3-4-6-11/h7-8,10-11H,3-6,9H2,1-2H3,(H,13,14). The van der Waals surface area contributed by atoms with Crippen molar-refractivity contribution in [1.29, 1.82) is 0 Å². The van der Waals surface area contributed by atoms with E-state index in [0.29, 0.717) is 11.3 Å². The van der Waals surface area contributed by atoms with Gasteiger partial charge in [-0.25, -0.2) is 4.98 Å². The van der Waals surface area contributed by atoms with Gasteiger partial charge in [-0.3, -0.25) is 0 Å². The number of aromatic nitrogens is 2. The van der Waals surface area contributed by atoms with E-state index in [0.717, 1.165) is 12.5 Å². The van der Waals surface area contributed by atoms with Gasteiger partial charge in [-0.15, -0.1) is 0 Å². The van der Waals surface area contributed by atoms with Crippen LogP contribution in [0.3, 0.4) is 0 Å². The van der Waals surface area contributed by atoms with Crippen molar-refractivity contribution in [3.63, 3.8) is 0 Å². The maximum absolute atomic E-state index is 4.41. The molecule has 1 fully saturated rings. The molecule has 0 amide bonds. The van der Waals surface area contributed by atoms with E-state index in [-0.39, 0.29) is 0 Å². The summed E-state index contributed by atoms with van der Waals surface area (Å²) >= 11 is 1.89. The lowest BCUT2D eigenvalue weighted by atomic mass is 10.2. The lowest BCUT2D eigenvalue weighted by Gasteiger charge is -2.17. The van der Waals surface area contributed by atoms with Gasteiger partial charge >= 0.3 is 0 Å². The summed E-state index contributed by atoms with van der Waals surface area (Å²) in [5.74, 6) is 1.05. The van der Waals surface area contributed by atoms with Gasteiger partial charge in [0.1, 0.15) is 0 Å². The minimum atomic E-state index is 0.633. The van der Waals surface area contributed by atoms with Crippen LogP contribution >= 0.6 is 11.8 Å². The summed E-state index contributed by atoms with van der Waals surface area (Å²) in [7, 11) is 0. The van der Waals surface area contributed by atoms with Gasteiger partial charge in [0.25, 0.3) is 0 Å². The normalized spacial score (nSPS) is 18.9. The molecule has 1 unspecified atom stereocenters. The highest BCUT2D eigenvalue weighted by Gasteiger charge is 2.19. The first-order chi connectivity index (χ1) is 7.81. The van der Waals surface area contributed by atoms with E-state index in [4.69, 9.17) is 0 Å². The number of hydrogen-bond donors (Lipinski definition) is 1. The lowest BCUT2D eigenvalue weighted by Crippen LogP contribution is -2.17. The molecule has 0 aromatic carbocycles. The van der Waals surface area contributed by atoms with Crippen molar-refractivity contribution in [2.24, 2.45) is 0 Å². The molecule has 1 aromatic heterocycles. The topological polar surface area (TPSA) is 29.9 Å². The fraction of sp³-hybridized carbons (Fsp3) is 0.750. The first-order valence-electron chi connectivity index (χ1n) is 6.10. The molecule has 1 aliphatic carbocycles. The second kappa shape index (κ2) is 5.62. The second-order valence-corrected chi connectivity index (χ2v) is 5.80. The van der Waals surface area contributed by atoms with Crippen molar-refractivity contribution in [2.45, 2.75) is 43.9 Å². The quantitative estimate of drug-likeness (QED) is 0.856. The van der Waals surface area contributed by atoms with Crippen LogP contribution in [0.2, 0.25) is 0 Å². The molecule has 1 heterocycles. The molecular weight excluding hydrogens is 218 g/mol. The first-order valence-corrected chi connectivity index (χ1v) is 7.39. The average molecular weight is 239 g/mol. The molecule has 1 atom stereocenters. The Labute approximate surface area is 102 Å². The third-order valence-corrected chi connectivity index (χ3v) is 4.31. The zero-order chi connectivity index (χ0) is 11.4. The SMILES string of the molecule is CSC(C)CNc1nccn1C1CCCC1. The molecule has 0 bridgehead atoms. The lowest BCUT2D eigenvalue weighted by molar-refractivity contribution is 0.523. The molecule has 1 aromatic rings. The molecule has 0 radical (unpaired) electrons. The Hall–Kier alpha value is -0.640. The second-order valence-electron chi connectivity index (χ2n) is 4.52. The summed E-state index contributed by atoms with van der Waals surface area (Å²) in [6, 6.07) is 0.676. The number of anilines is 1. The van der Waals surface area contributed by atoms with Gasteiger partial charge in [0.2, 0.25) is 5.95 Å². The minimum Gasteiger partial charge on any atom is -0.355 e. The highest BCUT2D eigenvalue weighted by atomic mass is 32.2. The molecule has 1 aliphatic rings. The molecule has 1 saturated carbocycles. The Kier molecular flexibility index (Phi) is 4.16. The monoisotopic (exact) mass is 239 g/mol. The van der Waals surface area contributed by atoms with Gasteiger partial charge in [0, 0.05) is 30.2 Å². The average Bonchev–Trinajstić information content (AvgIpc) is 2.95. The van der Waals surface area contributed by atoms with Crippen molar-refractivity contribution < 1.29 is 0 Å². The van der Waals surface area contributed by atoms with Crippen molar-refractivity contribution in [3.8, 4) is 0 Å². The van der Waals surface area contributed by atoms with Crippen molar-refractivity contribution in [1.82, 2.24) is 9.55 Å². The van der Waals surface area contributed by atoms with E-state index in [1.54, 1.807) is 0 Å². The predicted octanol–water partition coefficient (Wildman–Crippen LogP) is 3.16. The van der Waals surface area contributed by atoms with E-state index in [2.05, 4.69) is 34.2 Å². The summed E-state index contributed by atoms with van der Waals surface area (Å²) in [6.07, 6.45) is 11.5. The minimum absolute atomic E-state index is 0.633. The van der Waals surface area contributed by atoms with Crippen LogP contribution in [-0.4, -0.2) is 27.6 Å². The predicted molar refractivity (Wildman–Crippen MR) is 71.2 cm³/mol. The van der Waals surface area contributed by atoms with Crippen LogP contribution in [0, 0.1) is 0 Å². The van der Waals surface area contributed by atoms with Gasteiger partial charge < -0.3 is 9.88 Å². The summed E-state index contributed by atoms with van der Waals surface area (Å²) in [5.41, 5.74) is 0. The fourth-order valence-corrected chi connectivity index (χ4v) is 2.50. The van der Waals surface area contributed by atoms with Gasteiger partial charge in [-0.1, -0.05) is 19.8 Å². The number of imidazole rings is 1. The summed E-state index contributed by atoms with van der Waals surface area (Å²) in [4.78, 5) is 4.41. The number of rotatable bonds is 5. The molecule has 2 rings (SSSR count). The van der Waals surface area contributed by atoms with Gasteiger partial charge in [-0.2, -0.15) is 11.8 Å². The molecule has 90 valence electrons. The third-order valence-electron chi connectivity index (χ3n) is 3.34. The molecule has 3 nitrogen and oxygen atoms in total. The first kappa shape index (κ1) is 11.8. The van der Waals surface area contributed by atoms with E-state index < -0.39 is 0 Å². The third kappa shape index (κ3) is 2.73. The molecule has 4 heteroatoms. The molecule has 16 heavy (non-hydrogen) atoms. The largest absolute Gasteiger partial charge is 0.355 e. The number of hydrogen-bond acceptors (Lipinski definition) is 3. The summed E-state index contributed by atoms with van der Waals surface area (Å²) in [6.45, 7) is 3.23. The highest BCUT2D eigenvalue weighted by molar-refractivity contribution is 7.99. The number of nitrogens with one attached hydrogen (secondary N) is 1. The Morgan fingerprint density at radius 2 is 2.31 bits per heavy atom. The molecule has 0 aliphatic heterocycles. The zero-order valence-electron chi connectivity index (χ0n) is 10.1. The zero-order valence-corrected chi connectivity index (χ0v) is 11.0. The van der Waals surface area contributed by atoms with Crippen LogP contribution in [-0.2, 0) is 0 Å². The Bertz CT molecular complexity index is 318. The molecular formula is C12H21N3S.